The molecule has 0 bridgehead atoms. The quantitative estimate of drug-likeness (QED) is 0.564. The summed E-state index contributed by atoms with van der Waals surface area (Å²) in [7, 11) is 3.13. The minimum atomic E-state index is -0.374. The molecule has 0 radical (unpaired) electrons. The number of anilines is 1. The second-order valence-electron chi connectivity index (χ2n) is 5.64. The van der Waals surface area contributed by atoms with Crippen LogP contribution in [0.2, 0.25) is 0 Å². The number of amides is 1. The largest absolute Gasteiger partial charge is 0.497 e. The number of hydrogen-bond acceptors (Lipinski definition) is 5. The zero-order valence-corrected chi connectivity index (χ0v) is 15.7. The molecule has 1 amide bonds. The predicted octanol–water partition coefficient (Wildman–Crippen LogP) is 3.92. The highest BCUT2D eigenvalue weighted by atomic mass is 16.5. The SMILES string of the molecule is CCCOC(=O)c1ccc(NC(=O)C=Cc2ccc(OC)cc2OC)cc1. The van der Waals surface area contributed by atoms with Crippen molar-refractivity contribution in [2.45, 2.75) is 13.3 Å². The molecule has 6 nitrogen and oxygen atoms in total. The van der Waals surface area contributed by atoms with Crippen LogP contribution in [0.15, 0.2) is 48.5 Å². The summed E-state index contributed by atoms with van der Waals surface area (Å²) in [4.78, 5) is 23.9. The molecular formula is C21H23NO5. The summed E-state index contributed by atoms with van der Waals surface area (Å²) in [6.45, 7) is 2.32. The fourth-order valence-corrected chi connectivity index (χ4v) is 2.27. The van der Waals surface area contributed by atoms with Crippen molar-refractivity contribution < 1.29 is 23.8 Å². The summed E-state index contributed by atoms with van der Waals surface area (Å²) < 4.78 is 15.5. The van der Waals surface area contributed by atoms with Gasteiger partial charge in [0, 0.05) is 23.4 Å². The lowest BCUT2D eigenvalue weighted by atomic mass is 10.1. The van der Waals surface area contributed by atoms with E-state index in [1.165, 1.54) is 6.08 Å². The van der Waals surface area contributed by atoms with Gasteiger partial charge < -0.3 is 19.5 Å². The Morgan fingerprint density at radius 2 is 1.78 bits per heavy atom. The topological polar surface area (TPSA) is 73.9 Å². The number of hydrogen-bond donors (Lipinski definition) is 1. The Hall–Kier alpha value is -3.28. The Balaban J connectivity index is 1.99. The van der Waals surface area contributed by atoms with Crippen LogP contribution >= 0.6 is 0 Å². The van der Waals surface area contributed by atoms with E-state index < -0.39 is 0 Å². The van der Waals surface area contributed by atoms with E-state index in [-0.39, 0.29) is 11.9 Å². The van der Waals surface area contributed by atoms with E-state index in [2.05, 4.69) is 5.32 Å². The van der Waals surface area contributed by atoms with Crippen LogP contribution < -0.4 is 14.8 Å². The standard InChI is InChI=1S/C21H23NO5/c1-4-13-27-21(24)16-5-9-17(10-6-16)22-20(23)12-8-15-7-11-18(25-2)14-19(15)26-3/h5-12,14H,4,13H2,1-3H3,(H,22,23). The van der Waals surface area contributed by atoms with Crippen LogP contribution in [-0.4, -0.2) is 32.7 Å². The van der Waals surface area contributed by atoms with E-state index in [1.54, 1.807) is 62.8 Å². The van der Waals surface area contributed by atoms with E-state index in [0.717, 1.165) is 12.0 Å². The van der Waals surface area contributed by atoms with Crippen molar-refractivity contribution >= 4 is 23.6 Å². The molecule has 0 spiro atoms. The number of benzene rings is 2. The van der Waals surface area contributed by atoms with Gasteiger partial charge in [-0.05, 0) is 48.9 Å². The minimum absolute atomic E-state index is 0.297. The Kier molecular flexibility index (Phi) is 7.43. The van der Waals surface area contributed by atoms with Crippen molar-refractivity contribution in [1.29, 1.82) is 0 Å². The highest BCUT2D eigenvalue weighted by molar-refractivity contribution is 6.02. The summed E-state index contributed by atoms with van der Waals surface area (Å²) in [5, 5.41) is 2.74. The Morgan fingerprint density at radius 1 is 1.04 bits per heavy atom. The lowest BCUT2D eigenvalue weighted by molar-refractivity contribution is -0.111. The van der Waals surface area contributed by atoms with E-state index in [4.69, 9.17) is 14.2 Å². The second kappa shape index (κ2) is 10.0. The molecule has 1 N–H and O–H groups in total. The molecule has 0 aliphatic carbocycles. The monoisotopic (exact) mass is 369 g/mol. The maximum absolute atomic E-state index is 12.1. The summed E-state index contributed by atoms with van der Waals surface area (Å²) in [5.74, 6) is 0.606. The number of carbonyl (C=O) groups is 2. The summed E-state index contributed by atoms with van der Waals surface area (Å²) >= 11 is 0. The van der Waals surface area contributed by atoms with Crippen molar-refractivity contribution in [2.75, 3.05) is 26.1 Å². The van der Waals surface area contributed by atoms with Gasteiger partial charge in [-0.25, -0.2) is 4.79 Å². The third-order valence-corrected chi connectivity index (χ3v) is 3.68. The van der Waals surface area contributed by atoms with E-state index in [1.807, 2.05) is 6.92 Å². The van der Waals surface area contributed by atoms with Crippen LogP contribution in [0.4, 0.5) is 5.69 Å². The highest BCUT2D eigenvalue weighted by Gasteiger charge is 2.07. The van der Waals surface area contributed by atoms with Crippen LogP contribution in [0.5, 0.6) is 11.5 Å². The average Bonchev–Trinajstić information content (AvgIpc) is 2.70. The fourth-order valence-electron chi connectivity index (χ4n) is 2.27. The predicted molar refractivity (Wildman–Crippen MR) is 104 cm³/mol. The molecule has 0 heterocycles. The molecule has 2 rings (SSSR count). The number of nitrogens with one attached hydrogen (secondary N) is 1. The van der Waals surface area contributed by atoms with Gasteiger partial charge in [0.1, 0.15) is 11.5 Å². The number of methoxy groups -OCH3 is 2. The summed E-state index contributed by atoms with van der Waals surface area (Å²) in [6.07, 6.45) is 3.84. The van der Waals surface area contributed by atoms with Gasteiger partial charge in [-0.1, -0.05) is 6.92 Å². The molecule has 0 saturated carbocycles. The number of esters is 1. The first-order chi connectivity index (χ1) is 13.1. The van der Waals surface area contributed by atoms with E-state index in [0.29, 0.717) is 29.4 Å². The van der Waals surface area contributed by atoms with Gasteiger partial charge in [0.05, 0.1) is 26.4 Å². The molecule has 0 aromatic heterocycles. The van der Waals surface area contributed by atoms with Gasteiger partial charge in [0.25, 0.3) is 0 Å². The smallest absolute Gasteiger partial charge is 0.338 e. The molecule has 0 saturated heterocycles. The normalized spacial score (nSPS) is 10.5. The Labute approximate surface area is 158 Å². The highest BCUT2D eigenvalue weighted by Crippen LogP contribution is 2.25. The second-order valence-corrected chi connectivity index (χ2v) is 5.64. The summed E-state index contributed by atoms with van der Waals surface area (Å²) in [6, 6.07) is 11.9. The Morgan fingerprint density at radius 3 is 2.41 bits per heavy atom. The minimum Gasteiger partial charge on any atom is -0.497 e. The first-order valence-electron chi connectivity index (χ1n) is 8.55. The van der Waals surface area contributed by atoms with E-state index >= 15 is 0 Å². The maximum Gasteiger partial charge on any atom is 0.338 e. The van der Waals surface area contributed by atoms with Crippen LogP contribution in [0.3, 0.4) is 0 Å². The maximum atomic E-state index is 12.1. The molecule has 0 unspecified atom stereocenters. The van der Waals surface area contributed by atoms with Crippen LogP contribution in [0.1, 0.15) is 29.3 Å². The molecule has 142 valence electrons. The third-order valence-electron chi connectivity index (χ3n) is 3.68. The van der Waals surface area contributed by atoms with E-state index in [9.17, 15) is 9.59 Å². The van der Waals surface area contributed by atoms with Crippen molar-refractivity contribution in [2.24, 2.45) is 0 Å². The molecule has 2 aromatic rings. The van der Waals surface area contributed by atoms with Gasteiger partial charge in [-0.2, -0.15) is 0 Å². The average molecular weight is 369 g/mol. The molecule has 0 fully saturated rings. The molecular weight excluding hydrogens is 346 g/mol. The van der Waals surface area contributed by atoms with Crippen molar-refractivity contribution in [3.63, 3.8) is 0 Å². The lowest BCUT2D eigenvalue weighted by Crippen LogP contribution is -2.09. The van der Waals surface area contributed by atoms with Gasteiger partial charge in [0.2, 0.25) is 5.91 Å². The van der Waals surface area contributed by atoms with Crippen LogP contribution in [0.25, 0.3) is 6.08 Å². The number of rotatable bonds is 8. The van der Waals surface area contributed by atoms with Crippen LogP contribution in [-0.2, 0) is 9.53 Å². The first kappa shape index (κ1) is 20.0. The lowest BCUT2D eigenvalue weighted by Gasteiger charge is -2.07. The molecule has 0 aliphatic heterocycles. The zero-order chi connectivity index (χ0) is 19.6. The third kappa shape index (κ3) is 5.88. The zero-order valence-electron chi connectivity index (χ0n) is 15.7. The molecule has 27 heavy (non-hydrogen) atoms. The van der Waals surface area contributed by atoms with Gasteiger partial charge >= 0.3 is 5.97 Å². The van der Waals surface area contributed by atoms with Gasteiger partial charge in [-0.3, -0.25) is 4.79 Å². The van der Waals surface area contributed by atoms with Crippen molar-refractivity contribution in [3.8, 4) is 11.5 Å². The molecule has 6 heteroatoms. The van der Waals surface area contributed by atoms with Crippen molar-refractivity contribution in [3.05, 3.63) is 59.7 Å². The van der Waals surface area contributed by atoms with Gasteiger partial charge in [0.15, 0.2) is 0 Å². The van der Waals surface area contributed by atoms with Gasteiger partial charge in [-0.15, -0.1) is 0 Å². The fraction of sp³-hybridized carbons (Fsp3) is 0.238. The molecule has 2 aromatic carbocycles. The Bertz CT molecular complexity index is 812. The van der Waals surface area contributed by atoms with Crippen molar-refractivity contribution in [1.82, 2.24) is 0 Å². The summed E-state index contributed by atoms with van der Waals surface area (Å²) in [5.41, 5.74) is 1.78. The molecule has 0 atom stereocenters. The number of ether oxygens (including phenoxy) is 3. The number of carbonyl (C=O) groups excluding carboxylic acids is 2. The molecule has 0 aliphatic rings. The first-order valence-corrected chi connectivity index (χ1v) is 8.55. The van der Waals surface area contributed by atoms with Crippen LogP contribution in [0, 0.1) is 0 Å².